The summed E-state index contributed by atoms with van der Waals surface area (Å²) in [6, 6.07) is 0. The third kappa shape index (κ3) is 1.94. The lowest BCUT2D eigenvalue weighted by molar-refractivity contribution is 0.592. The van der Waals surface area contributed by atoms with Gasteiger partial charge in [0, 0.05) is 11.6 Å². The van der Waals surface area contributed by atoms with Gasteiger partial charge in [-0.05, 0) is 52.7 Å². The van der Waals surface area contributed by atoms with Crippen molar-refractivity contribution in [3.05, 3.63) is 27.2 Å². The van der Waals surface area contributed by atoms with E-state index in [1.165, 1.54) is 12.8 Å². The van der Waals surface area contributed by atoms with Crippen molar-refractivity contribution in [1.29, 1.82) is 0 Å². The quantitative estimate of drug-likeness (QED) is 0.732. The summed E-state index contributed by atoms with van der Waals surface area (Å²) in [6.45, 7) is 6.05. The van der Waals surface area contributed by atoms with Gasteiger partial charge in [0.2, 0.25) is 0 Å². The topological polar surface area (TPSA) is 12.9 Å². The fourth-order valence-electron chi connectivity index (χ4n) is 2.08. The minimum Gasteiger partial charge on any atom is -0.242 e. The zero-order valence-corrected chi connectivity index (χ0v) is 10.9. The van der Waals surface area contributed by atoms with E-state index in [0.717, 1.165) is 16.8 Å². The van der Waals surface area contributed by atoms with Crippen LogP contribution in [-0.4, -0.2) is 4.98 Å². The van der Waals surface area contributed by atoms with Gasteiger partial charge < -0.3 is 0 Å². The Kier molecular flexibility index (Phi) is 2.84. The second-order valence-corrected chi connectivity index (χ2v) is 5.32. The fraction of sp³-hybridized carbons (Fsp3) is 0.583. The van der Waals surface area contributed by atoms with Gasteiger partial charge in [0.05, 0.1) is 0 Å². The van der Waals surface area contributed by atoms with E-state index in [-0.39, 0.29) is 5.82 Å². The van der Waals surface area contributed by atoms with Gasteiger partial charge in [-0.25, -0.2) is 9.37 Å². The van der Waals surface area contributed by atoms with Crippen LogP contribution in [0.15, 0.2) is 4.60 Å². The number of hydrogen-bond donors (Lipinski definition) is 0. The number of halogens is 2. The molecular formula is C12H15BrFN. The van der Waals surface area contributed by atoms with Crippen molar-refractivity contribution in [1.82, 2.24) is 4.98 Å². The Morgan fingerprint density at radius 1 is 1.40 bits per heavy atom. The molecule has 0 saturated heterocycles. The van der Waals surface area contributed by atoms with E-state index in [2.05, 4.69) is 34.8 Å². The highest BCUT2D eigenvalue weighted by Crippen LogP contribution is 2.44. The summed E-state index contributed by atoms with van der Waals surface area (Å²) >= 11 is 3.19. The highest BCUT2D eigenvalue weighted by atomic mass is 79.9. The standard InChI is InChI=1S/C12H15BrFN/c1-6(2)9-7(3)10(14)12(13)15-11(9)8-4-5-8/h6,8H,4-5H2,1-3H3. The van der Waals surface area contributed by atoms with Crippen LogP contribution in [0.2, 0.25) is 0 Å². The number of aromatic nitrogens is 1. The Morgan fingerprint density at radius 2 is 2.00 bits per heavy atom. The molecule has 0 amide bonds. The van der Waals surface area contributed by atoms with E-state index in [1.807, 2.05) is 6.92 Å². The van der Waals surface area contributed by atoms with Crippen molar-refractivity contribution in [2.75, 3.05) is 0 Å². The summed E-state index contributed by atoms with van der Waals surface area (Å²) in [6.07, 6.45) is 2.40. The second kappa shape index (κ2) is 3.85. The predicted molar refractivity (Wildman–Crippen MR) is 62.7 cm³/mol. The summed E-state index contributed by atoms with van der Waals surface area (Å²) < 4.78 is 14.1. The zero-order chi connectivity index (χ0) is 11.2. The van der Waals surface area contributed by atoms with E-state index >= 15 is 0 Å². The summed E-state index contributed by atoms with van der Waals surface area (Å²) in [5.74, 6) is 0.705. The lowest BCUT2D eigenvalue weighted by Crippen LogP contribution is -2.05. The van der Waals surface area contributed by atoms with Gasteiger partial charge >= 0.3 is 0 Å². The van der Waals surface area contributed by atoms with Crippen LogP contribution in [0.1, 0.15) is 55.3 Å². The van der Waals surface area contributed by atoms with Gasteiger partial charge in [0.1, 0.15) is 4.60 Å². The molecule has 82 valence electrons. The number of nitrogens with zero attached hydrogens (tertiary/aromatic N) is 1. The van der Waals surface area contributed by atoms with Gasteiger partial charge in [-0.3, -0.25) is 0 Å². The molecule has 1 saturated carbocycles. The van der Waals surface area contributed by atoms with E-state index < -0.39 is 0 Å². The van der Waals surface area contributed by atoms with E-state index in [1.54, 1.807) is 0 Å². The fourth-order valence-corrected chi connectivity index (χ4v) is 2.57. The van der Waals surface area contributed by atoms with Gasteiger partial charge in [0.15, 0.2) is 5.82 Å². The Bertz CT molecular complexity index is 397. The molecule has 0 bridgehead atoms. The normalized spacial score (nSPS) is 16.1. The molecular weight excluding hydrogens is 257 g/mol. The largest absolute Gasteiger partial charge is 0.242 e. The maximum absolute atomic E-state index is 13.7. The van der Waals surface area contributed by atoms with E-state index in [9.17, 15) is 4.39 Å². The van der Waals surface area contributed by atoms with Crippen molar-refractivity contribution in [3.63, 3.8) is 0 Å². The molecule has 15 heavy (non-hydrogen) atoms. The van der Waals surface area contributed by atoms with E-state index in [4.69, 9.17) is 0 Å². The smallest absolute Gasteiger partial charge is 0.159 e. The van der Waals surface area contributed by atoms with Crippen LogP contribution in [0.4, 0.5) is 4.39 Å². The molecule has 0 unspecified atom stereocenters. The lowest BCUT2D eigenvalue weighted by atomic mass is 9.94. The Hall–Kier alpha value is -0.440. The Morgan fingerprint density at radius 3 is 2.47 bits per heavy atom. The SMILES string of the molecule is Cc1c(F)c(Br)nc(C2CC2)c1C(C)C. The highest BCUT2D eigenvalue weighted by Gasteiger charge is 2.30. The van der Waals surface area contributed by atoms with Crippen molar-refractivity contribution >= 4 is 15.9 Å². The first-order valence-electron chi connectivity index (χ1n) is 5.37. The maximum atomic E-state index is 13.7. The molecule has 0 spiro atoms. The number of rotatable bonds is 2. The average molecular weight is 272 g/mol. The Balaban J connectivity index is 2.61. The van der Waals surface area contributed by atoms with Crippen LogP contribution in [-0.2, 0) is 0 Å². The summed E-state index contributed by atoms with van der Waals surface area (Å²) in [7, 11) is 0. The average Bonchev–Trinajstić information content (AvgIpc) is 2.95. The van der Waals surface area contributed by atoms with Crippen LogP contribution in [0.3, 0.4) is 0 Å². The number of pyridine rings is 1. The summed E-state index contributed by atoms with van der Waals surface area (Å²) in [5, 5.41) is 0. The molecule has 1 aliphatic rings. The first kappa shape index (κ1) is 11.1. The third-order valence-corrected chi connectivity index (χ3v) is 3.48. The van der Waals surface area contributed by atoms with Crippen LogP contribution < -0.4 is 0 Å². The van der Waals surface area contributed by atoms with Crippen LogP contribution in [0.5, 0.6) is 0 Å². The molecule has 1 aromatic heterocycles. The zero-order valence-electron chi connectivity index (χ0n) is 9.27. The molecule has 1 nitrogen and oxygen atoms in total. The molecule has 0 N–H and O–H groups in total. The molecule has 1 heterocycles. The minimum absolute atomic E-state index is 0.205. The maximum Gasteiger partial charge on any atom is 0.159 e. The molecule has 1 aromatic rings. The second-order valence-electron chi connectivity index (χ2n) is 4.57. The van der Waals surface area contributed by atoms with Crippen LogP contribution in [0.25, 0.3) is 0 Å². The van der Waals surface area contributed by atoms with E-state index in [0.29, 0.717) is 16.4 Å². The van der Waals surface area contributed by atoms with Crippen LogP contribution in [0, 0.1) is 12.7 Å². The minimum atomic E-state index is -0.205. The monoisotopic (exact) mass is 271 g/mol. The van der Waals surface area contributed by atoms with Gasteiger partial charge in [0.25, 0.3) is 0 Å². The number of hydrogen-bond acceptors (Lipinski definition) is 1. The van der Waals surface area contributed by atoms with Gasteiger partial charge in [-0.2, -0.15) is 0 Å². The van der Waals surface area contributed by atoms with Crippen LogP contribution >= 0.6 is 15.9 Å². The van der Waals surface area contributed by atoms with Crippen molar-refractivity contribution < 1.29 is 4.39 Å². The molecule has 0 radical (unpaired) electrons. The molecule has 0 aromatic carbocycles. The van der Waals surface area contributed by atoms with Crippen molar-refractivity contribution in [3.8, 4) is 0 Å². The molecule has 0 aliphatic heterocycles. The third-order valence-electron chi connectivity index (χ3n) is 2.95. The van der Waals surface area contributed by atoms with Gasteiger partial charge in [-0.15, -0.1) is 0 Å². The summed E-state index contributed by atoms with van der Waals surface area (Å²) in [5.41, 5.74) is 2.97. The Labute approximate surface area is 98.2 Å². The van der Waals surface area contributed by atoms with Crippen molar-refractivity contribution in [2.24, 2.45) is 0 Å². The molecule has 1 aliphatic carbocycles. The summed E-state index contributed by atoms with van der Waals surface area (Å²) in [4.78, 5) is 4.36. The first-order valence-corrected chi connectivity index (χ1v) is 6.17. The first-order chi connectivity index (χ1) is 7.02. The van der Waals surface area contributed by atoms with Gasteiger partial charge in [-0.1, -0.05) is 13.8 Å². The predicted octanol–water partition coefficient (Wildman–Crippen LogP) is 4.29. The van der Waals surface area contributed by atoms with Crippen molar-refractivity contribution in [2.45, 2.75) is 45.4 Å². The highest BCUT2D eigenvalue weighted by molar-refractivity contribution is 9.10. The lowest BCUT2D eigenvalue weighted by Gasteiger charge is -2.16. The molecule has 0 atom stereocenters. The molecule has 1 fully saturated rings. The molecule has 3 heteroatoms. The molecule has 2 rings (SSSR count).